The van der Waals surface area contributed by atoms with Crippen LogP contribution in [0.5, 0.6) is 0 Å². The third kappa shape index (κ3) is 4.67. The Morgan fingerprint density at radius 1 is 0.931 bits per heavy atom. The lowest BCUT2D eigenvalue weighted by Crippen LogP contribution is -2.13. The quantitative estimate of drug-likeness (QED) is 0.592. The van der Waals surface area contributed by atoms with Gasteiger partial charge < -0.3 is 10.1 Å². The normalized spacial score (nSPS) is 11.1. The molecule has 9 heteroatoms. The van der Waals surface area contributed by atoms with E-state index in [0.717, 1.165) is 5.39 Å². The number of rotatable bonds is 5. The van der Waals surface area contributed by atoms with Crippen molar-refractivity contribution >= 4 is 55.6 Å². The second-order valence-corrected chi connectivity index (χ2v) is 8.29. The van der Waals surface area contributed by atoms with Crippen LogP contribution in [0.3, 0.4) is 0 Å². The van der Waals surface area contributed by atoms with Crippen molar-refractivity contribution in [1.29, 1.82) is 0 Å². The topological polar surface area (TPSA) is 102 Å². The van der Waals surface area contributed by atoms with Crippen LogP contribution in [0.1, 0.15) is 17.3 Å². The maximum absolute atomic E-state index is 12.8. The molecule has 0 aliphatic heterocycles. The fourth-order valence-corrected chi connectivity index (χ4v) is 4.02. The number of esters is 1. The van der Waals surface area contributed by atoms with E-state index in [2.05, 4.69) is 14.8 Å². The average Bonchev–Trinajstić information content (AvgIpc) is 2.67. The van der Waals surface area contributed by atoms with Crippen LogP contribution in [0, 0.1) is 0 Å². The molecule has 3 rings (SSSR count). The number of sulfonamides is 1. The zero-order valence-electron chi connectivity index (χ0n) is 15.5. The van der Waals surface area contributed by atoms with Crippen molar-refractivity contribution in [2.75, 3.05) is 17.1 Å². The van der Waals surface area contributed by atoms with Crippen molar-refractivity contribution in [2.24, 2.45) is 0 Å². The fourth-order valence-electron chi connectivity index (χ4n) is 2.74. The number of ether oxygens (including phenoxy) is 1. The number of hydrogen-bond donors (Lipinski definition) is 2. The molecule has 0 aliphatic rings. The number of amides is 1. The third-order valence-corrected chi connectivity index (χ3v) is 5.77. The van der Waals surface area contributed by atoms with E-state index >= 15 is 0 Å². The first kappa shape index (κ1) is 20.6. The van der Waals surface area contributed by atoms with Crippen LogP contribution in [-0.2, 0) is 19.6 Å². The molecule has 0 bridgehead atoms. The summed E-state index contributed by atoms with van der Waals surface area (Å²) >= 11 is 5.97. The molecular weight excluding hydrogens is 416 g/mol. The first-order chi connectivity index (χ1) is 13.7. The van der Waals surface area contributed by atoms with Gasteiger partial charge in [0.05, 0.1) is 22.6 Å². The fraction of sp³-hybridized carbons (Fsp3) is 0.100. The molecule has 1 amide bonds. The van der Waals surface area contributed by atoms with E-state index in [4.69, 9.17) is 11.6 Å². The van der Waals surface area contributed by atoms with Crippen molar-refractivity contribution in [3.8, 4) is 0 Å². The van der Waals surface area contributed by atoms with Crippen LogP contribution in [0.15, 0.2) is 59.5 Å². The highest BCUT2D eigenvalue weighted by molar-refractivity contribution is 7.92. The first-order valence-electron chi connectivity index (χ1n) is 8.42. The Bertz CT molecular complexity index is 1220. The minimum Gasteiger partial charge on any atom is -0.465 e. The van der Waals surface area contributed by atoms with Crippen LogP contribution in [0.2, 0.25) is 5.02 Å². The monoisotopic (exact) mass is 432 g/mol. The number of nitrogens with one attached hydrogen (secondary N) is 2. The Hall–Kier alpha value is -3.10. The van der Waals surface area contributed by atoms with Gasteiger partial charge in [-0.15, -0.1) is 0 Å². The molecule has 0 aromatic heterocycles. The summed E-state index contributed by atoms with van der Waals surface area (Å²) in [5.41, 5.74) is 0.780. The molecule has 0 fully saturated rings. The van der Waals surface area contributed by atoms with Crippen molar-refractivity contribution in [3.63, 3.8) is 0 Å². The van der Waals surface area contributed by atoms with Crippen molar-refractivity contribution in [1.82, 2.24) is 0 Å². The van der Waals surface area contributed by atoms with Gasteiger partial charge in [0, 0.05) is 18.3 Å². The molecule has 3 aromatic carbocycles. The second kappa shape index (κ2) is 8.10. The molecule has 0 spiro atoms. The Labute approximate surface area is 172 Å². The predicted molar refractivity (Wildman–Crippen MR) is 112 cm³/mol. The van der Waals surface area contributed by atoms with E-state index < -0.39 is 16.0 Å². The van der Waals surface area contributed by atoms with E-state index in [1.54, 1.807) is 24.3 Å². The Morgan fingerprint density at radius 3 is 2.31 bits per heavy atom. The summed E-state index contributed by atoms with van der Waals surface area (Å²) in [6.45, 7) is 1.39. The third-order valence-electron chi connectivity index (χ3n) is 4.07. The Balaban J connectivity index is 1.95. The zero-order chi connectivity index (χ0) is 21.2. The predicted octanol–water partition coefficient (Wildman–Crippen LogP) is 4.04. The highest BCUT2D eigenvalue weighted by Crippen LogP contribution is 2.26. The minimum absolute atomic E-state index is 0.0274. The standard InChI is InChI=1S/C20H17ClN2O5S/c1-12(24)22-15-5-3-13-4-7-17(10-14(13)9-15)29(26,27)23-16-6-8-19(21)18(11-16)20(25)28-2/h3-11,23H,1-2H3,(H,22,24). The maximum Gasteiger partial charge on any atom is 0.339 e. The molecule has 0 saturated carbocycles. The number of hydrogen-bond acceptors (Lipinski definition) is 5. The van der Waals surface area contributed by atoms with Gasteiger partial charge in [-0.1, -0.05) is 23.7 Å². The van der Waals surface area contributed by atoms with Gasteiger partial charge >= 0.3 is 5.97 Å². The van der Waals surface area contributed by atoms with Gasteiger partial charge in [-0.25, -0.2) is 13.2 Å². The van der Waals surface area contributed by atoms with Crippen molar-refractivity contribution < 1.29 is 22.7 Å². The van der Waals surface area contributed by atoms with Crippen molar-refractivity contribution in [2.45, 2.75) is 11.8 Å². The first-order valence-corrected chi connectivity index (χ1v) is 10.3. The number of anilines is 2. The molecular formula is C20H17ClN2O5S. The summed E-state index contributed by atoms with van der Waals surface area (Å²) in [7, 11) is -2.73. The number of halogens is 1. The summed E-state index contributed by atoms with van der Waals surface area (Å²) in [5.74, 6) is -0.897. The zero-order valence-corrected chi connectivity index (χ0v) is 17.1. The number of methoxy groups -OCH3 is 1. The highest BCUT2D eigenvalue weighted by atomic mass is 35.5. The smallest absolute Gasteiger partial charge is 0.339 e. The molecule has 0 radical (unpaired) electrons. The van der Waals surface area contributed by atoms with Crippen LogP contribution in [0.4, 0.5) is 11.4 Å². The molecule has 2 N–H and O–H groups in total. The van der Waals surface area contributed by atoms with Gasteiger partial charge in [-0.2, -0.15) is 0 Å². The maximum atomic E-state index is 12.8. The lowest BCUT2D eigenvalue weighted by molar-refractivity contribution is -0.114. The van der Waals surface area contributed by atoms with E-state index in [1.165, 1.54) is 44.4 Å². The second-order valence-electron chi connectivity index (χ2n) is 6.20. The minimum atomic E-state index is -3.94. The van der Waals surface area contributed by atoms with Crippen molar-refractivity contribution in [3.05, 3.63) is 65.2 Å². The summed E-state index contributed by atoms with van der Waals surface area (Å²) in [6, 6.07) is 14.0. The number of fused-ring (bicyclic) bond motifs is 1. The van der Waals surface area contributed by atoms with Crippen LogP contribution in [0.25, 0.3) is 10.8 Å². The van der Waals surface area contributed by atoms with Gasteiger partial charge in [0.1, 0.15) is 0 Å². The Kier molecular flexibility index (Phi) is 5.76. The molecule has 0 unspecified atom stereocenters. The molecule has 0 saturated heterocycles. The van der Waals surface area contributed by atoms with Gasteiger partial charge in [0.25, 0.3) is 10.0 Å². The van der Waals surface area contributed by atoms with Gasteiger partial charge in [-0.05, 0) is 53.2 Å². The molecule has 3 aromatic rings. The van der Waals surface area contributed by atoms with Gasteiger partial charge in [0.2, 0.25) is 5.91 Å². The summed E-state index contributed by atoms with van der Waals surface area (Å²) < 4.78 is 32.7. The molecule has 0 aliphatic carbocycles. The summed E-state index contributed by atoms with van der Waals surface area (Å²) in [4.78, 5) is 23.0. The highest BCUT2D eigenvalue weighted by Gasteiger charge is 2.17. The van der Waals surface area contributed by atoms with E-state index in [1.807, 2.05) is 0 Å². The average molecular weight is 433 g/mol. The molecule has 0 heterocycles. The van der Waals surface area contributed by atoms with E-state index in [0.29, 0.717) is 11.1 Å². The van der Waals surface area contributed by atoms with Crippen LogP contribution in [-0.4, -0.2) is 27.4 Å². The molecule has 29 heavy (non-hydrogen) atoms. The lowest BCUT2D eigenvalue weighted by atomic mass is 10.1. The van der Waals surface area contributed by atoms with Gasteiger partial charge in [0.15, 0.2) is 0 Å². The molecule has 0 atom stereocenters. The SMILES string of the molecule is COC(=O)c1cc(NS(=O)(=O)c2ccc3ccc(NC(C)=O)cc3c2)ccc1Cl. The number of carbonyl (C=O) groups is 2. The van der Waals surface area contributed by atoms with Crippen LogP contribution >= 0.6 is 11.6 Å². The summed E-state index contributed by atoms with van der Waals surface area (Å²) in [5, 5.41) is 4.27. The number of benzene rings is 3. The molecule has 7 nitrogen and oxygen atoms in total. The number of carbonyl (C=O) groups excluding carboxylic acids is 2. The largest absolute Gasteiger partial charge is 0.465 e. The lowest BCUT2D eigenvalue weighted by Gasteiger charge is -2.11. The Morgan fingerprint density at radius 2 is 1.62 bits per heavy atom. The molecule has 150 valence electrons. The van der Waals surface area contributed by atoms with Gasteiger partial charge in [-0.3, -0.25) is 9.52 Å². The van der Waals surface area contributed by atoms with Crippen LogP contribution < -0.4 is 10.0 Å². The van der Waals surface area contributed by atoms with E-state index in [-0.39, 0.29) is 27.1 Å². The summed E-state index contributed by atoms with van der Waals surface area (Å²) in [6.07, 6.45) is 0. The van der Waals surface area contributed by atoms with E-state index in [9.17, 15) is 18.0 Å².